The molecule has 1 saturated heterocycles. The minimum Gasteiger partial charge on any atom is -0.491 e. The van der Waals surface area contributed by atoms with Crippen LogP contribution >= 0.6 is 0 Å². The molecular formula is C17H24F2N2O2. The van der Waals surface area contributed by atoms with Gasteiger partial charge in [-0.2, -0.15) is 0 Å². The Bertz CT molecular complexity index is 529. The predicted molar refractivity (Wildman–Crippen MR) is 84.0 cm³/mol. The molecule has 0 radical (unpaired) electrons. The van der Waals surface area contributed by atoms with Crippen LogP contribution in [0.2, 0.25) is 0 Å². The number of piperidine rings is 1. The maximum absolute atomic E-state index is 13.4. The summed E-state index contributed by atoms with van der Waals surface area (Å²) >= 11 is 0. The molecule has 1 aromatic rings. The van der Waals surface area contributed by atoms with Crippen molar-refractivity contribution >= 4 is 5.91 Å². The highest BCUT2D eigenvalue weighted by molar-refractivity contribution is 5.76. The number of halogens is 2. The number of carbonyl (C=O) groups is 1. The Balaban J connectivity index is 1.67. The third-order valence-electron chi connectivity index (χ3n) is 4.32. The lowest BCUT2D eigenvalue weighted by atomic mass is 9.91. The summed E-state index contributed by atoms with van der Waals surface area (Å²) in [6.07, 6.45) is 2.76. The molecule has 0 spiro atoms. The van der Waals surface area contributed by atoms with Crippen molar-refractivity contribution in [3.8, 4) is 5.75 Å². The van der Waals surface area contributed by atoms with Crippen molar-refractivity contribution in [3.63, 3.8) is 0 Å². The molecule has 2 rings (SSSR count). The van der Waals surface area contributed by atoms with Gasteiger partial charge in [0.15, 0.2) is 11.6 Å². The number of likely N-dealkylation sites (tertiary alicyclic amines) is 1. The molecule has 0 aromatic heterocycles. The molecule has 1 atom stereocenters. The first-order valence-electron chi connectivity index (χ1n) is 8.08. The van der Waals surface area contributed by atoms with Crippen LogP contribution in [0.5, 0.6) is 5.75 Å². The lowest BCUT2D eigenvalue weighted by Crippen LogP contribution is -2.42. The highest BCUT2D eigenvalue weighted by Crippen LogP contribution is 2.21. The number of hydrogen-bond acceptors (Lipinski definition) is 3. The minimum atomic E-state index is -0.727. The topological polar surface area (TPSA) is 55.6 Å². The van der Waals surface area contributed by atoms with Gasteiger partial charge in [0.2, 0.25) is 5.91 Å². The molecule has 1 unspecified atom stereocenters. The van der Waals surface area contributed by atoms with E-state index in [1.165, 1.54) is 6.07 Å². The Morgan fingerprint density at radius 1 is 1.39 bits per heavy atom. The van der Waals surface area contributed by atoms with E-state index in [9.17, 15) is 13.6 Å². The van der Waals surface area contributed by atoms with Crippen LogP contribution in [0.25, 0.3) is 0 Å². The molecule has 1 amide bonds. The second-order valence-corrected chi connectivity index (χ2v) is 6.10. The molecule has 6 heteroatoms. The highest BCUT2D eigenvalue weighted by Gasteiger charge is 2.24. The summed E-state index contributed by atoms with van der Waals surface area (Å²) in [5.74, 6) is -0.772. The van der Waals surface area contributed by atoms with Crippen molar-refractivity contribution in [3.05, 3.63) is 29.8 Å². The summed E-state index contributed by atoms with van der Waals surface area (Å²) in [5.41, 5.74) is 5.89. The van der Waals surface area contributed by atoms with Crippen LogP contribution in [0, 0.1) is 17.6 Å². The fourth-order valence-electron chi connectivity index (χ4n) is 2.83. The Labute approximate surface area is 135 Å². The summed E-state index contributed by atoms with van der Waals surface area (Å²) in [4.78, 5) is 14.0. The van der Waals surface area contributed by atoms with Crippen LogP contribution in [0.4, 0.5) is 8.78 Å². The minimum absolute atomic E-state index is 0.0107. The van der Waals surface area contributed by atoms with Crippen molar-refractivity contribution in [2.24, 2.45) is 11.7 Å². The number of nitrogens with two attached hydrogens (primary N) is 1. The number of carbonyl (C=O) groups excluding carboxylic acids is 1. The van der Waals surface area contributed by atoms with Crippen LogP contribution in [-0.2, 0) is 4.79 Å². The van der Waals surface area contributed by atoms with E-state index in [4.69, 9.17) is 10.5 Å². The fraction of sp³-hybridized carbons (Fsp3) is 0.588. The Morgan fingerprint density at radius 2 is 2.09 bits per heavy atom. The second kappa shape index (κ2) is 8.24. The summed E-state index contributed by atoms with van der Waals surface area (Å²) in [6, 6.07) is 3.35. The van der Waals surface area contributed by atoms with Crippen LogP contribution in [0.15, 0.2) is 18.2 Å². The largest absolute Gasteiger partial charge is 0.491 e. The zero-order chi connectivity index (χ0) is 16.8. The normalized spacial score (nSPS) is 17.1. The molecule has 1 aromatic carbocycles. The van der Waals surface area contributed by atoms with E-state index in [-0.39, 0.29) is 24.3 Å². The monoisotopic (exact) mass is 326 g/mol. The van der Waals surface area contributed by atoms with Crippen molar-refractivity contribution in [1.82, 2.24) is 4.90 Å². The SMILES string of the molecule is CC(N)C1CCN(C(=O)CCCOc2ccc(F)cc2F)CC1. The van der Waals surface area contributed by atoms with E-state index >= 15 is 0 Å². The second-order valence-electron chi connectivity index (χ2n) is 6.10. The van der Waals surface area contributed by atoms with Gasteiger partial charge in [-0.15, -0.1) is 0 Å². The van der Waals surface area contributed by atoms with Crippen LogP contribution < -0.4 is 10.5 Å². The van der Waals surface area contributed by atoms with E-state index in [0.717, 1.165) is 38.1 Å². The van der Waals surface area contributed by atoms with Gasteiger partial charge in [-0.25, -0.2) is 8.78 Å². The first-order chi connectivity index (χ1) is 11.0. The summed E-state index contributed by atoms with van der Waals surface area (Å²) in [5, 5.41) is 0. The summed E-state index contributed by atoms with van der Waals surface area (Å²) in [6.45, 7) is 3.73. The molecule has 23 heavy (non-hydrogen) atoms. The van der Waals surface area contributed by atoms with Crippen molar-refractivity contribution in [2.45, 2.75) is 38.6 Å². The zero-order valence-corrected chi connectivity index (χ0v) is 13.4. The standard InChI is InChI=1S/C17H24F2N2O2/c1-12(20)13-6-8-21(9-7-13)17(22)3-2-10-23-16-5-4-14(18)11-15(16)19/h4-5,11-13H,2-3,6-10,20H2,1H3. The van der Waals surface area contributed by atoms with Gasteiger partial charge in [0.25, 0.3) is 0 Å². The number of hydrogen-bond donors (Lipinski definition) is 1. The van der Waals surface area contributed by atoms with E-state index in [1.807, 2.05) is 11.8 Å². The van der Waals surface area contributed by atoms with Gasteiger partial charge < -0.3 is 15.4 Å². The third kappa shape index (κ3) is 5.16. The first-order valence-corrected chi connectivity index (χ1v) is 8.08. The van der Waals surface area contributed by atoms with E-state index in [1.54, 1.807) is 0 Å². The number of rotatable bonds is 6. The maximum atomic E-state index is 13.4. The molecule has 4 nitrogen and oxygen atoms in total. The van der Waals surface area contributed by atoms with Crippen molar-refractivity contribution in [2.75, 3.05) is 19.7 Å². The van der Waals surface area contributed by atoms with Crippen molar-refractivity contribution in [1.29, 1.82) is 0 Å². The molecule has 1 aliphatic heterocycles. The van der Waals surface area contributed by atoms with Gasteiger partial charge in [-0.05, 0) is 44.2 Å². The lowest BCUT2D eigenvalue weighted by molar-refractivity contribution is -0.132. The van der Waals surface area contributed by atoms with Crippen LogP contribution in [0.1, 0.15) is 32.6 Å². The molecule has 2 N–H and O–H groups in total. The van der Waals surface area contributed by atoms with E-state index in [0.29, 0.717) is 18.8 Å². The van der Waals surface area contributed by atoms with Gasteiger partial charge in [-0.1, -0.05) is 0 Å². The average molecular weight is 326 g/mol. The number of benzene rings is 1. The maximum Gasteiger partial charge on any atom is 0.222 e. The molecule has 1 aliphatic rings. The Kier molecular flexibility index (Phi) is 6.33. The van der Waals surface area contributed by atoms with Crippen molar-refractivity contribution < 1.29 is 18.3 Å². The van der Waals surface area contributed by atoms with E-state index < -0.39 is 11.6 Å². The van der Waals surface area contributed by atoms with Crippen LogP contribution in [-0.4, -0.2) is 36.5 Å². The third-order valence-corrected chi connectivity index (χ3v) is 4.32. The van der Waals surface area contributed by atoms with E-state index in [2.05, 4.69) is 0 Å². The Morgan fingerprint density at radius 3 is 2.70 bits per heavy atom. The van der Waals surface area contributed by atoms with Gasteiger partial charge in [0, 0.05) is 31.6 Å². The smallest absolute Gasteiger partial charge is 0.222 e. The summed E-state index contributed by atoms with van der Waals surface area (Å²) in [7, 11) is 0. The van der Waals surface area contributed by atoms with Crippen LogP contribution in [0.3, 0.4) is 0 Å². The number of amides is 1. The fourth-order valence-corrected chi connectivity index (χ4v) is 2.83. The molecule has 0 saturated carbocycles. The van der Waals surface area contributed by atoms with Gasteiger partial charge in [-0.3, -0.25) is 4.79 Å². The van der Waals surface area contributed by atoms with Gasteiger partial charge >= 0.3 is 0 Å². The lowest BCUT2D eigenvalue weighted by Gasteiger charge is -2.33. The average Bonchev–Trinajstić information content (AvgIpc) is 2.53. The van der Waals surface area contributed by atoms with Gasteiger partial charge in [0.1, 0.15) is 5.82 Å². The quantitative estimate of drug-likeness (QED) is 0.818. The molecule has 1 heterocycles. The molecule has 0 bridgehead atoms. The molecule has 1 fully saturated rings. The zero-order valence-electron chi connectivity index (χ0n) is 13.4. The predicted octanol–water partition coefficient (Wildman–Crippen LogP) is 2.71. The summed E-state index contributed by atoms with van der Waals surface area (Å²) < 4.78 is 31.4. The number of nitrogens with zero attached hydrogens (tertiary/aromatic N) is 1. The first kappa shape index (κ1) is 17.7. The molecule has 128 valence electrons. The molecular weight excluding hydrogens is 302 g/mol. The number of ether oxygens (including phenoxy) is 1. The van der Waals surface area contributed by atoms with Gasteiger partial charge in [0.05, 0.1) is 6.61 Å². The molecule has 0 aliphatic carbocycles. The Hall–Kier alpha value is -1.69. The highest BCUT2D eigenvalue weighted by atomic mass is 19.1.